The molecule has 11 nitrogen and oxygen atoms in total. The van der Waals surface area contributed by atoms with Gasteiger partial charge in [0.1, 0.15) is 18.1 Å². The third-order valence-electron chi connectivity index (χ3n) is 8.99. The molecule has 4 heterocycles. The minimum Gasteiger partial charge on any atom is -0.353 e. The molecule has 0 saturated carbocycles. The molecule has 3 aliphatic rings. The zero-order valence-corrected chi connectivity index (χ0v) is 25.8. The van der Waals surface area contributed by atoms with Crippen molar-refractivity contribution in [3.63, 3.8) is 0 Å². The van der Waals surface area contributed by atoms with Crippen LogP contribution >= 0.6 is 11.3 Å². The summed E-state index contributed by atoms with van der Waals surface area (Å²) in [5, 5.41) is 11.9. The summed E-state index contributed by atoms with van der Waals surface area (Å²) in [6.45, 7) is 4.95. The van der Waals surface area contributed by atoms with E-state index >= 15 is 0 Å². The maximum atomic E-state index is 14.1. The Balaban J connectivity index is 1.17. The first-order valence-electron chi connectivity index (χ1n) is 15.3. The maximum absolute atomic E-state index is 14.1. The van der Waals surface area contributed by atoms with Crippen molar-refractivity contribution in [2.24, 2.45) is 5.92 Å². The second-order valence-electron chi connectivity index (χ2n) is 11.9. The van der Waals surface area contributed by atoms with Crippen LogP contribution in [-0.4, -0.2) is 60.9 Å². The van der Waals surface area contributed by atoms with Crippen molar-refractivity contribution in [2.75, 3.05) is 18.0 Å². The van der Waals surface area contributed by atoms with E-state index in [4.69, 9.17) is 0 Å². The highest BCUT2D eigenvalue weighted by Gasteiger charge is 2.44. The Hall–Kier alpha value is -3.84. The SMILES string of the molecule is CC[C@H](C)[C@H](NC(=O)Cc1csc2ccccc12)C(=O)N[C@H]1CCc2cccc3c2N(C1=O)[C@H](C(=O)NCC1CNNN1)C3. The van der Waals surface area contributed by atoms with Crippen LogP contribution < -0.4 is 37.2 Å². The van der Waals surface area contributed by atoms with Crippen LogP contribution in [0.5, 0.6) is 0 Å². The van der Waals surface area contributed by atoms with E-state index < -0.39 is 18.1 Å². The van der Waals surface area contributed by atoms with E-state index in [1.807, 2.05) is 61.7 Å². The molecule has 3 aromatic rings. The molecule has 0 radical (unpaired) electrons. The lowest BCUT2D eigenvalue weighted by Gasteiger charge is -2.30. The molecule has 0 aliphatic carbocycles. The molecule has 2 aromatic carbocycles. The van der Waals surface area contributed by atoms with Gasteiger partial charge in [-0.15, -0.1) is 11.3 Å². The number of anilines is 1. The fraction of sp³-hybridized carbons (Fsp3) is 0.438. The van der Waals surface area contributed by atoms with Crippen molar-refractivity contribution in [2.45, 2.75) is 70.1 Å². The molecular weight excluding hydrogens is 578 g/mol. The molecular formula is C32H39N7O4S. The number of hydrogen-bond acceptors (Lipinski definition) is 8. The molecule has 44 heavy (non-hydrogen) atoms. The van der Waals surface area contributed by atoms with E-state index in [-0.39, 0.29) is 42.0 Å². The normalized spacial score (nSPS) is 22.3. The van der Waals surface area contributed by atoms with E-state index in [9.17, 15) is 19.2 Å². The van der Waals surface area contributed by atoms with E-state index in [0.717, 1.165) is 32.5 Å². The first-order chi connectivity index (χ1) is 21.3. The van der Waals surface area contributed by atoms with Crippen LogP contribution in [0.2, 0.25) is 0 Å². The number of nitrogens with zero attached hydrogens (tertiary/aromatic N) is 1. The molecule has 1 saturated heterocycles. The summed E-state index contributed by atoms with van der Waals surface area (Å²) in [6.07, 6.45) is 2.23. The molecule has 5 atom stereocenters. The lowest BCUT2D eigenvalue weighted by Crippen LogP contribution is -2.58. The standard InChI is InChI=1S/C32H39N7O4S/c1-3-18(2)28(36-27(40)14-21-17-44-26-10-5-4-9-23(21)26)31(42)35-24-12-11-19-7-6-8-20-13-25(39(29(19)20)32(24)43)30(41)33-15-22-16-34-38-37-22/h4-10,17-18,22,24-25,28,34,37-38H,3,11-16H2,1-2H3,(H,33,41)(H,35,42)(H,36,40)/t18-,22?,24-,25-,28-/m0/s1. The summed E-state index contributed by atoms with van der Waals surface area (Å²) in [6, 6.07) is 11.5. The minimum atomic E-state index is -0.828. The quantitative estimate of drug-likeness (QED) is 0.202. The predicted molar refractivity (Wildman–Crippen MR) is 170 cm³/mol. The van der Waals surface area contributed by atoms with Crippen LogP contribution in [0, 0.1) is 5.92 Å². The van der Waals surface area contributed by atoms with Gasteiger partial charge in [0.2, 0.25) is 23.6 Å². The van der Waals surface area contributed by atoms with Gasteiger partial charge in [-0.05, 0) is 52.3 Å². The van der Waals surface area contributed by atoms with Gasteiger partial charge in [-0.25, -0.2) is 10.9 Å². The van der Waals surface area contributed by atoms with Gasteiger partial charge in [0.15, 0.2) is 0 Å². The lowest BCUT2D eigenvalue weighted by atomic mass is 9.96. The van der Waals surface area contributed by atoms with Crippen molar-refractivity contribution in [3.8, 4) is 0 Å². The molecule has 0 bridgehead atoms. The van der Waals surface area contributed by atoms with Crippen molar-refractivity contribution >= 4 is 50.7 Å². The highest BCUT2D eigenvalue weighted by molar-refractivity contribution is 7.17. The Bertz CT molecular complexity index is 1570. The highest BCUT2D eigenvalue weighted by atomic mass is 32.1. The molecule has 6 rings (SSSR count). The van der Waals surface area contributed by atoms with Gasteiger partial charge in [0.25, 0.3) is 0 Å². The number of benzene rings is 2. The van der Waals surface area contributed by atoms with Gasteiger partial charge in [-0.3, -0.25) is 24.1 Å². The van der Waals surface area contributed by atoms with Crippen LogP contribution in [0.4, 0.5) is 5.69 Å². The molecule has 232 valence electrons. The smallest absolute Gasteiger partial charge is 0.250 e. The van der Waals surface area contributed by atoms with Gasteiger partial charge in [-0.2, -0.15) is 5.53 Å². The van der Waals surface area contributed by atoms with E-state index in [1.54, 1.807) is 16.2 Å². The second kappa shape index (κ2) is 13.0. The highest BCUT2D eigenvalue weighted by Crippen LogP contribution is 2.39. The molecule has 6 N–H and O–H groups in total. The van der Waals surface area contributed by atoms with Crippen molar-refractivity contribution in [1.29, 1.82) is 0 Å². The third-order valence-corrected chi connectivity index (χ3v) is 10.00. The van der Waals surface area contributed by atoms with Crippen LogP contribution in [-0.2, 0) is 38.4 Å². The van der Waals surface area contributed by atoms with Gasteiger partial charge in [-0.1, -0.05) is 56.7 Å². The monoisotopic (exact) mass is 617 g/mol. The fourth-order valence-corrected chi connectivity index (χ4v) is 7.31. The van der Waals surface area contributed by atoms with Crippen molar-refractivity contribution in [3.05, 3.63) is 64.5 Å². The number of aryl methyl sites for hydroxylation is 1. The molecule has 1 unspecified atom stereocenters. The topological polar surface area (TPSA) is 144 Å². The average molecular weight is 618 g/mol. The van der Waals surface area contributed by atoms with Crippen molar-refractivity contribution < 1.29 is 19.2 Å². The number of thiophene rings is 1. The molecule has 4 amide bonds. The lowest BCUT2D eigenvalue weighted by molar-refractivity contribution is -0.133. The first kappa shape index (κ1) is 30.2. The zero-order valence-electron chi connectivity index (χ0n) is 24.9. The molecule has 1 aromatic heterocycles. The molecule has 0 spiro atoms. The number of fused-ring (bicyclic) bond motifs is 1. The number of rotatable bonds is 10. The summed E-state index contributed by atoms with van der Waals surface area (Å²) in [5.41, 5.74) is 12.5. The van der Waals surface area contributed by atoms with E-state index in [0.29, 0.717) is 38.8 Å². The van der Waals surface area contributed by atoms with Gasteiger partial charge >= 0.3 is 0 Å². The van der Waals surface area contributed by atoms with Crippen molar-refractivity contribution in [1.82, 2.24) is 32.3 Å². The summed E-state index contributed by atoms with van der Waals surface area (Å²) >= 11 is 1.59. The number of carbonyl (C=O) groups is 4. The summed E-state index contributed by atoms with van der Waals surface area (Å²) < 4.78 is 1.11. The Kier molecular flexibility index (Phi) is 8.94. The number of amides is 4. The summed E-state index contributed by atoms with van der Waals surface area (Å²) in [7, 11) is 0. The number of carbonyl (C=O) groups excluding carboxylic acids is 4. The van der Waals surface area contributed by atoms with Crippen LogP contribution in [0.15, 0.2) is 47.8 Å². The van der Waals surface area contributed by atoms with Gasteiger partial charge in [0, 0.05) is 24.2 Å². The minimum absolute atomic E-state index is 0.0244. The van der Waals surface area contributed by atoms with E-state index in [2.05, 4.69) is 32.3 Å². The van der Waals surface area contributed by atoms with E-state index in [1.165, 1.54) is 0 Å². The molecule has 3 aliphatic heterocycles. The zero-order chi connectivity index (χ0) is 30.8. The fourth-order valence-electron chi connectivity index (χ4n) is 6.35. The Morgan fingerprint density at radius 1 is 1.11 bits per heavy atom. The maximum Gasteiger partial charge on any atom is 0.250 e. The Morgan fingerprint density at radius 3 is 2.73 bits per heavy atom. The third kappa shape index (κ3) is 6.07. The number of hydrazine groups is 2. The number of para-hydroxylation sites is 1. The molecule has 12 heteroatoms. The predicted octanol–water partition coefficient (Wildman–Crippen LogP) is 1.46. The number of hydrogen-bond donors (Lipinski definition) is 6. The van der Waals surface area contributed by atoms with Crippen LogP contribution in [0.25, 0.3) is 10.1 Å². The molecule has 1 fully saturated rings. The van der Waals surface area contributed by atoms with Crippen LogP contribution in [0.3, 0.4) is 0 Å². The summed E-state index contributed by atoms with van der Waals surface area (Å²) in [4.78, 5) is 56.1. The Labute approximate surface area is 260 Å². The Morgan fingerprint density at radius 2 is 1.93 bits per heavy atom. The van der Waals surface area contributed by atoms with Gasteiger partial charge in [0.05, 0.1) is 18.2 Å². The van der Waals surface area contributed by atoms with Gasteiger partial charge < -0.3 is 16.0 Å². The summed E-state index contributed by atoms with van der Waals surface area (Å²) in [5.74, 6) is -1.31. The second-order valence-corrected chi connectivity index (χ2v) is 12.8. The van der Waals surface area contributed by atoms with Crippen LogP contribution in [0.1, 0.15) is 43.4 Å². The largest absolute Gasteiger partial charge is 0.353 e. The average Bonchev–Trinajstić information content (AvgIpc) is 3.77. The number of nitrogens with one attached hydrogen (secondary N) is 6. The first-order valence-corrected chi connectivity index (χ1v) is 16.2.